The summed E-state index contributed by atoms with van der Waals surface area (Å²) >= 11 is 7.18. The average molecular weight is 446 g/mol. The van der Waals surface area contributed by atoms with Gasteiger partial charge in [-0.3, -0.25) is 4.79 Å². The molecule has 0 unspecified atom stereocenters. The summed E-state index contributed by atoms with van der Waals surface area (Å²) in [5.41, 5.74) is 2.91. The van der Waals surface area contributed by atoms with Gasteiger partial charge in [0.25, 0.3) is 5.91 Å². The molecule has 3 aromatic rings. The molecular formula is C22H21ClFN3O2S. The Morgan fingerprint density at radius 1 is 1.30 bits per heavy atom. The molecule has 0 atom stereocenters. The number of nitrogens with zero attached hydrogens (tertiary/aromatic N) is 2. The summed E-state index contributed by atoms with van der Waals surface area (Å²) < 4.78 is 19.6. The molecule has 0 aliphatic heterocycles. The summed E-state index contributed by atoms with van der Waals surface area (Å²) in [5, 5.41) is 12.6. The number of carbonyl (C=O) groups excluding carboxylic acids is 1. The molecule has 3 rings (SSSR count). The first kappa shape index (κ1) is 21.9. The molecule has 1 N–H and O–H groups in total. The van der Waals surface area contributed by atoms with E-state index in [1.54, 1.807) is 6.08 Å². The highest BCUT2D eigenvalue weighted by molar-refractivity contribution is 7.14. The van der Waals surface area contributed by atoms with Gasteiger partial charge in [0.1, 0.15) is 22.4 Å². The Bertz CT molecular complexity index is 1060. The van der Waals surface area contributed by atoms with E-state index in [9.17, 15) is 9.18 Å². The van der Waals surface area contributed by atoms with Crippen LogP contribution >= 0.6 is 22.9 Å². The highest BCUT2D eigenvalue weighted by atomic mass is 35.5. The van der Waals surface area contributed by atoms with Crippen LogP contribution in [-0.4, -0.2) is 29.3 Å². The van der Waals surface area contributed by atoms with Crippen LogP contribution in [0.4, 0.5) is 4.39 Å². The van der Waals surface area contributed by atoms with Gasteiger partial charge < -0.3 is 10.1 Å². The fourth-order valence-electron chi connectivity index (χ4n) is 2.97. The van der Waals surface area contributed by atoms with Gasteiger partial charge in [-0.1, -0.05) is 41.7 Å². The summed E-state index contributed by atoms with van der Waals surface area (Å²) in [4.78, 5) is 12.2. The number of hydrogen-bond donors (Lipinski definition) is 1. The van der Waals surface area contributed by atoms with Gasteiger partial charge in [-0.05, 0) is 49.2 Å². The van der Waals surface area contributed by atoms with Crippen molar-refractivity contribution in [2.24, 2.45) is 0 Å². The Labute approximate surface area is 183 Å². The minimum absolute atomic E-state index is 0.0785. The van der Waals surface area contributed by atoms with Gasteiger partial charge >= 0.3 is 0 Å². The quantitative estimate of drug-likeness (QED) is 0.487. The van der Waals surface area contributed by atoms with Crippen LogP contribution in [-0.2, 0) is 6.42 Å². The van der Waals surface area contributed by atoms with E-state index in [1.165, 1.54) is 29.5 Å². The molecule has 0 aliphatic carbocycles. The average Bonchev–Trinajstić information content (AvgIpc) is 3.18. The lowest BCUT2D eigenvalue weighted by molar-refractivity contribution is 0.0950. The molecule has 2 aromatic carbocycles. The zero-order valence-corrected chi connectivity index (χ0v) is 18.2. The Morgan fingerprint density at radius 3 is 2.73 bits per heavy atom. The molecule has 30 heavy (non-hydrogen) atoms. The van der Waals surface area contributed by atoms with Crippen molar-refractivity contribution in [3.05, 3.63) is 75.5 Å². The summed E-state index contributed by atoms with van der Waals surface area (Å²) in [5.74, 6) is -0.387. The number of nitrogens with one attached hydrogen (secondary N) is 1. The predicted molar refractivity (Wildman–Crippen MR) is 118 cm³/mol. The monoisotopic (exact) mass is 445 g/mol. The zero-order chi connectivity index (χ0) is 21.7. The molecule has 8 heteroatoms. The SMILES string of the molecule is C=CCOc1c(C)cc(-c2nnc(CCNC(=O)c3cccc(Cl)c3F)s2)cc1C. The normalized spacial score (nSPS) is 10.7. The smallest absolute Gasteiger partial charge is 0.254 e. The Balaban J connectivity index is 1.63. The second-order valence-corrected chi connectivity index (χ2v) is 8.12. The van der Waals surface area contributed by atoms with E-state index in [4.69, 9.17) is 16.3 Å². The lowest BCUT2D eigenvalue weighted by Gasteiger charge is -2.11. The van der Waals surface area contributed by atoms with Crippen LogP contribution < -0.4 is 10.1 Å². The number of carbonyl (C=O) groups is 1. The van der Waals surface area contributed by atoms with E-state index >= 15 is 0 Å². The number of benzene rings is 2. The molecule has 0 saturated carbocycles. The van der Waals surface area contributed by atoms with Crippen LogP contribution in [0, 0.1) is 19.7 Å². The van der Waals surface area contributed by atoms with E-state index in [-0.39, 0.29) is 10.6 Å². The van der Waals surface area contributed by atoms with Gasteiger partial charge in [0.15, 0.2) is 5.82 Å². The maximum atomic E-state index is 13.9. The molecule has 1 aromatic heterocycles. The summed E-state index contributed by atoms with van der Waals surface area (Å²) in [7, 11) is 0. The molecule has 1 heterocycles. The Hall–Kier alpha value is -2.77. The number of amides is 1. The van der Waals surface area contributed by atoms with E-state index in [2.05, 4.69) is 22.1 Å². The lowest BCUT2D eigenvalue weighted by Crippen LogP contribution is -2.26. The topological polar surface area (TPSA) is 64.1 Å². The molecule has 0 fully saturated rings. The minimum Gasteiger partial charge on any atom is -0.489 e. The largest absolute Gasteiger partial charge is 0.489 e. The highest BCUT2D eigenvalue weighted by Gasteiger charge is 2.15. The second-order valence-electron chi connectivity index (χ2n) is 6.65. The van der Waals surface area contributed by atoms with E-state index in [0.29, 0.717) is 19.6 Å². The molecule has 5 nitrogen and oxygen atoms in total. The van der Waals surface area contributed by atoms with E-state index in [1.807, 2.05) is 26.0 Å². The fraction of sp³-hybridized carbons (Fsp3) is 0.227. The van der Waals surface area contributed by atoms with Crippen LogP contribution in [0.15, 0.2) is 43.0 Å². The first-order valence-corrected chi connectivity index (χ1v) is 10.5. The second kappa shape index (κ2) is 9.82. The van der Waals surface area contributed by atoms with Crippen LogP contribution in [0.3, 0.4) is 0 Å². The molecule has 0 radical (unpaired) electrons. The van der Waals surface area contributed by atoms with Crippen LogP contribution in [0.2, 0.25) is 5.02 Å². The number of hydrogen-bond acceptors (Lipinski definition) is 5. The number of ether oxygens (including phenoxy) is 1. The van der Waals surface area contributed by atoms with Gasteiger partial charge in [-0.15, -0.1) is 10.2 Å². The molecular weight excluding hydrogens is 425 g/mol. The molecule has 0 spiro atoms. The Kier molecular flexibility index (Phi) is 7.18. The molecule has 156 valence electrons. The van der Waals surface area contributed by atoms with Gasteiger partial charge in [-0.25, -0.2) is 4.39 Å². The molecule has 0 bridgehead atoms. The predicted octanol–water partition coefficient (Wildman–Crippen LogP) is 5.15. The first-order valence-electron chi connectivity index (χ1n) is 9.30. The van der Waals surface area contributed by atoms with Crippen LogP contribution in [0.1, 0.15) is 26.5 Å². The Morgan fingerprint density at radius 2 is 2.03 bits per heavy atom. The summed E-state index contributed by atoms with van der Waals surface area (Å²) in [6, 6.07) is 8.36. The maximum absolute atomic E-state index is 13.9. The van der Waals surface area contributed by atoms with Crippen molar-refractivity contribution in [2.75, 3.05) is 13.2 Å². The standard InChI is InChI=1S/C22H21ClFN3O2S/c1-4-10-29-20-13(2)11-15(12-14(20)3)22-27-26-18(30-22)8-9-25-21(28)16-6-5-7-17(23)19(16)24/h4-7,11-12H,1,8-10H2,2-3H3,(H,25,28). The zero-order valence-electron chi connectivity index (χ0n) is 16.7. The lowest BCUT2D eigenvalue weighted by atomic mass is 10.1. The molecule has 0 aliphatic rings. The van der Waals surface area contributed by atoms with Crippen LogP contribution in [0.25, 0.3) is 10.6 Å². The van der Waals surface area contributed by atoms with Crippen molar-refractivity contribution < 1.29 is 13.9 Å². The first-order chi connectivity index (χ1) is 14.4. The fourth-order valence-corrected chi connectivity index (χ4v) is 3.97. The molecule has 0 saturated heterocycles. The van der Waals surface area contributed by atoms with Gasteiger partial charge in [-0.2, -0.15) is 0 Å². The number of aryl methyl sites for hydroxylation is 2. The van der Waals surface area contributed by atoms with Crippen molar-refractivity contribution in [2.45, 2.75) is 20.3 Å². The third kappa shape index (κ3) is 5.04. The maximum Gasteiger partial charge on any atom is 0.254 e. The van der Waals surface area contributed by atoms with Crippen molar-refractivity contribution in [1.29, 1.82) is 0 Å². The third-order valence-corrected chi connectivity index (χ3v) is 5.66. The number of aromatic nitrogens is 2. The number of halogens is 2. The van der Waals surface area contributed by atoms with Crippen molar-refractivity contribution in [3.8, 4) is 16.3 Å². The third-order valence-electron chi connectivity index (χ3n) is 4.34. The molecule has 1 amide bonds. The summed E-state index contributed by atoms with van der Waals surface area (Å²) in [6.07, 6.45) is 2.20. The van der Waals surface area contributed by atoms with Gasteiger partial charge in [0.2, 0.25) is 0 Å². The van der Waals surface area contributed by atoms with Crippen molar-refractivity contribution in [1.82, 2.24) is 15.5 Å². The van der Waals surface area contributed by atoms with Crippen molar-refractivity contribution >= 4 is 28.8 Å². The van der Waals surface area contributed by atoms with Crippen LogP contribution in [0.5, 0.6) is 5.75 Å². The van der Waals surface area contributed by atoms with Gasteiger partial charge in [0.05, 0.1) is 10.6 Å². The summed E-state index contributed by atoms with van der Waals surface area (Å²) in [6.45, 7) is 8.41. The minimum atomic E-state index is -0.721. The number of rotatable bonds is 8. The van der Waals surface area contributed by atoms with Gasteiger partial charge in [0, 0.05) is 18.5 Å². The van der Waals surface area contributed by atoms with Crippen molar-refractivity contribution in [3.63, 3.8) is 0 Å². The van der Waals surface area contributed by atoms with E-state index < -0.39 is 11.7 Å². The van der Waals surface area contributed by atoms with E-state index in [0.717, 1.165) is 32.5 Å². The highest BCUT2D eigenvalue weighted by Crippen LogP contribution is 2.31.